The molecule has 3 aromatic rings. The minimum atomic E-state index is -0.747. The van der Waals surface area contributed by atoms with Crippen LogP contribution in [0.4, 0.5) is 4.39 Å². The number of carbonyl (C=O) groups is 1. The van der Waals surface area contributed by atoms with Gasteiger partial charge in [0.1, 0.15) is 11.9 Å². The van der Waals surface area contributed by atoms with E-state index in [9.17, 15) is 14.0 Å². The zero-order chi connectivity index (χ0) is 22.7. The Hall–Kier alpha value is -2.66. The molecule has 8 nitrogen and oxygen atoms in total. The Morgan fingerprint density at radius 3 is 2.71 bits per heavy atom. The van der Waals surface area contributed by atoms with Gasteiger partial charge in [0.15, 0.2) is 0 Å². The highest BCUT2D eigenvalue weighted by Gasteiger charge is 2.30. The van der Waals surface area contributed by atoms with Crippen molar-refractivity contribution in [1.29, 1.82) is 0 Å². The molecule has 31 heavy (non-hydrogen) atoms. The predicted molar refractivity (Wildman–Crippen MR) is 114 cm³/mol. The van der Waals surface area contributed by atoms with Crippen molar-refractivity contribution < 1.29 is 18.8 Å². The van der Waals surface area contributed by atoms with Crippen molar-refractivity contribution in [3.63, 3.8) is 0 Å². The Kier molecular flexibility index (Phi) is 7.16. The van der Waals surface area contributed by atoms with Gasteiger partial charge in [-0.05, 0) is 66.8 Å². The molecule has 0 aliphatic rings. The van der Waals surface area contributed by atoms with E-state index >= 15 is 0 Å². The monoisotopic (exact) mass is 466 g/mol. The largest absolute Gasteiger partial charge is 0.434 e. The Labute approximate surface area is 186 Å². The van der Waals surface area contributed by atoms with Gasteiger partial charge in [-0.3, -0.25) is 10.0 Å². The molecule has 11 heteroatoms. The summed E-state index contributed by atoms with van der Waals surface area (Å²) in [6, 6.07) is 6.92. The third-order valence-electron chi connectivity index (χ3n) is 4.99. The van der Waals surface area contributed by atoms with Crippen molar-refractivity contribution >= 4 is 29.5 Å². The van der Waals surface area contributed by atoms with E-state index in [0.717, 1.165) is 23.1 Å². The summed E-state index contributed by atoms with van der Waals surface area (Å²) >= 11 is 6.99. The minimum absolute atomic E-state index is 0.0347. The molecule has 0 fully saturated rings. The molecule has 1 heterocycles. The number of aromatic amines is 1. The molecule has 0 spiro atoms. The molecular formula is C20H20ClFN4O4S. The smallest absolute Gasteiger partial charge is 0.391 e. The van der Waals surface area contributed by atoms with Crippen LogP contribution in [0.15, 0.2) is 44.4 Å². The van der Waals surface area contributed by atoms with Crippen molar-refractivity contribution in [3.05, 3.63) is 79.9 Å². The summed E-state index contributed by atoms with van der Waals surface area (Å²) in [5.74, 6) is -2.35. The van der Waals surface area contributed by atoms with Gasteiger partial charge >= 0.3 is 5.76 Å². The van der Waals surface area contributed by atoms with Crippen LogP contribution in [0.1, 0.15) is 51.8 Å². The molecule has 1 amide bonds. The summed E-state index contributed by atoms with van der Waals surface area (Å²) in [5.41, 5.74) is 3.84. The van der Waals surface area contributed by atoms with E-state index < -0.39 is 29.4 Å². The maximum atomic E-state index is 14.7. The second-order valence-corrected chi connectivity index (χ2v) is 8.24. The first-order chi connectivity index (χ1) is 14.7. The number of hydrogen-bond donors (Lipinski definition) is 4. The highest BCUT2D eigenvalue weighted by molar-refractivity contribution is 7.97. The van der Waals surface area contributed by atoms with Gasteiger partial charge in [-0.15, -0.1) is 5.10 Å². The number of hydroxylamine groups is 1. The molecule has 0 saturated carbocycles. The van der Waals surface area contributed by atoms with Gasteiger partial charge in [-0.25, -0.2) is 24.5 Å². The zero-order valence-electron chi connectivity index (χ0n) is 16.8. The lowest BCUT2D eigenvalue weighted by atomic mass is 9.88. The fourth-order valence-corrected chi connectivity index (χ4v) is 4.36. The van der Waals surface area contributed by atoms with E-state index in [1.807, 2.05) is 13.8 Å². The molecule has 0 bridgehead atoms. The van der Waals surface area contributed by atoms with Gasteiger partial charge < -0.3 is 4.42 Å². The van der Waals surface area contributed by atoms with Crippen LogP contribution in [0.3, 0.4) is 0 Å². The zero-order valence-corrected chi connectivity index (χ0v) is 18.4. The van der Waals surface area contributed by atoms with E-state index in [0.29, 0.717) is 15.5 Å². The summed E-state index contributed by atoms with van der Waals surface area (Å²) in [6.07, 6.45) is 0. The molecule has 2 aromatic carbocycles. The van der Waals surface area contributed by atoms with Crippen LogP contribution in [0, 0.1) is 19.7 Å². The summed E-state index contributed by atoms with van der Waals surface area (Å²) in [4.78, 5) is 24.0. The lowest BCUT2D eigenvalue weighted by molar-refractivity contribution is 0.0703. The van der Waals surface area contributed by atoms with Gasteiger partial charge in [0.05, 0.1) is 5.56 Å². The topological polar surface area (TPSA) is 120 Å². The van der Waals surface area contributed by atoms with E-state index in [2.05, 4.69) is 14.9 Å². The normalized spacial score (nSPS) is 13.1. The molecule has 0 saturated heterocycles. The standard InChI is InChI=1S/C20H20ClFN4O4S/c1-9-4-6-14(22)16(10(9)2)11(3)17(19-23-24-20(28)30-19)26-31-15-7-5-12(21)8-13(15)18(27)25-29/h4-8,11,17,26,29H,1-3H3,(H,24,28)(H,25,27). The number of carbonyl (C=O) groups excluding carboxylic acids is 1. The first-order valence-electron chi connectivity index (χ1n) is 9.20. The predicted octanol–water partition coefficient (Wildman–Crippen LogP) is 4.03. The maximum absolute atomic E-state index is 14.7. The Morgan fingerprint density at radius 1 is 1.32 bits per heavy atom. The molecule has 2 atom stereocenters. The molecule has 0 aliphatic heterocycles. The summed E-state index contributed by atoms with van der Waals surface area (Å²) < 4.78 is 23.0. The quantitative estimate of drug-likeness (QED) is 0.235. The third-order valence-corrected chi connectivity index (χ3v) is 6.17. The van der Waals surface area contributed by atoms with Crippen LogP contribution in [-0.2, 0) is 0 Å². The molecule has 0 radical (unpaired) electrons. The Balaban J connectivity index is 1.98. The Morgan fingerprint density at radius 2 is 2.06 bits per heavy atom. The van der Waals surface area contributed by atoms with Gasteiger partial charge in [0, 0.05) is 15.8 Å². The lowest BCUT2D eigenvalue weighted by Crippen LogP contribution is -2.24. The molecule has 1 aromatic heterocycles. The van der Waals surface area contributed by atoms with Crippen LogP contribution in [0.2, 0.25) is 5.02 Å². The van der Waals surface area contributed by atoms with Gasteiger partial charge in [-0.2, -0.15) is 0 Å². The van der Waals surface area contributed by atoms with Gasteiger partial charge in [0.2, 0.25) is 5.89 Å². The number of rotatable bonds is 7. The summed E-state index contributed by atoms with van der Waals surface area (Å²) in [7, 11) is 0. The van der Waals surface area contributed by atoms with Gasteiger partial charge in [0.25, 0.3) is 5.91 Å². The maximum Gasteiger partial charge on any atom is 0.434 e. The van der Waals surface area contributed by atoms with Crippen molar-refractivity contribution in [2.75, 3.05) is 0 Å². The molecule has 4 N–H and O–H groups in total. The number of halogens is 2. The van der Waals surface area contributed by atoms with Crippen LogP contribution >= 0.6 is 23.5 Å². The molecule has 2 unspecified atom stereocenters. The van der Waals surface area contributed by atoms with E-state index in [1.165, 1.54) is 12.1 Å². The van der Waals surface area contributed by atoms with Crippen LogP contribution in [0.25, 0.3) is 0 Å². The number of hydrogen-bond acceptors (Lipinski definition) is 7. The number of H-pyrrole nitrogens is 1. The second-order valence-electron chi connectivity index (χ2n) is 6.92. The fourth-order valence-electron chi connectivity index (χ4n) is 3.23. The number of amides is 1. The first-order valence-corrected chi connectivity index (χ1v) is 10.4. The van der Waals surface area contributed by atoms with Crippen LogP contribution in [-0.4, -0.2) is 21.3 Å². The van der Waals surface area contributed by atoms with Crippen LogP contribution < -0.4 is 16.0 Å². The number of aryl methyl sites for hydroxylation is 1. The third kappa shape index (κ3) is 4.99. The van der Waals surface area contributed by atoms with E-state index in [1.54, 1.807) is 30.6 Å². The highest BCUT2D eigenvalue weighted by Crippen LogP contribution is 2.36. The molecular weight excluding hydrogens is 447 g/mol. The average molecular weight is 467 g/mol. The van der Waals surface area contributed by atoms with E-state index in [4.69, 9.17) is 21.2 Å². The van der Waals surface area contributed by atoms with Crippen LogP contribution in [0.5, 0.6) is 0 Å². The average Bonchev–Trinajstić information content (AvgIpc) is 3.17. The van der Waals surface area contributed by atoms with Crippen molar-refractivity contribution in [3.8, 4) is 0 Å². The van der Waals surface area contributed by atoms with Crippen molar-refractivity contribution in [1.82, 2.24) is 20.4 Å². The molecule has 3 rings (SSSR count). The number of aromatic nitrogens is 2. The molecule has 164 valence electrons. The number of nitrogens with zero attached hydrogens (tertiary/aromatic N) is 1. The summed E-state index contributed by atoms with van der Waals surface area (Å²) in [6.45, 7) is 5.48. The Bertz CT molecular complexity index is 1170. The minimum Gasteiger partial charge on any atom is -0.391 e. The number of benzene rings is 2. The van der Waals surface area contributed by atoms with Gasteiger partial charge in [-0.1, -0.05) is 24.6 Å². The molecule has 0 aliphatic carbocycles. The van der Waals surface area contributed by atoms with Crippen molar-refractivity contribution in [2.45, 2.75) is 37.6 Å². The van der Waals surface area contributed by atoms with E-state index in [-0.39, 0.29) is 11.5 Å². The first kappa shape index (κ1) is 23.0. The lowest BCUT2D eigenvalue weighted by Gasteiger charge is -2.25. The number of nitrogens with one attached hydrogen (secondary N) is 3. The highest BCUT2D eigenvalue weighted by atomic mass is 35.5. The summed E-state index contributed by atoms with van der Waals surface area (Å²) in [5, 5.41) is 15.4. The van der Waals surface area contributed by atoms with Crippen molar-refractivity contribution in [2.24, 2.45) is 0 Å². The second kappa shape index (κ2) is 9.65. The fraction of sp³-hybridized carbons (Fsp3) is 0.250. The SMILES string of the molecule is Cc1ccc(F)c(C(C)C(NSc2ccc(Cl)cc2C(=O)NO)c2n[nH]c(=O)o2)c1C.